The van der Waals surface area contributed by atoms with Crippen LogP contribution in [0.4, 0.5) is 5.95 Å². The molecule has 174 valence electrons. The smallest absolute Gasteiger partial charge is 0.270 e. The lowest BCUT2D eigenvalue weighted by atomic mass is 10.1. The molecule has 4 aromatic rings. The SMILES string of the molecule is COc1cccc(C=NNc2nc(-c3ccccc3)c(C#N)c(=O)[nH]2)c1OCc1cccc(Cl)c1. The standard InChI is InChI=1S/C26H20ClN5O3/c1-34-22-12-6-10-19(24(22)35-16-17-7-5-11-20(27)13-17)15-29-32-26-30-23(18-8-3-2-4-9-18)21(14-28)25(33)31-26/h2-13,15H,16H2,1H3,(H2,30,31,32,33). The van der Waals surface area contributed by atoms with E-state index in [0.717, 1.165) is 5.56 Å². The zero-order valence-corrected chi connectivity index (χ0v) is 19.4. The lowest BCUT2D eigenvalue weighted by Crippen LogP contribution is -2.16. The van der Waals surface area contributed by atoms with Crippen LogP contribution in [0.1, 0.15) is 16.7 Å². The Labute approximate surface area is 206 Å². The number of anilines is 1. The zero-order valence-electron chi connectivity index (χ0n) is 18.7. The molecule has 0 aliphatic carbocycles. The molecule has 4 rings (SSSR count). The Hall–Kier alpha value is -4.61. The van der Waals surface area contributed by atoms with E-state index in [4.69, 9.17) is 21.1 Å². The number of methoxy groups -OCH3 is 1. The van der Waals surface area contributed by atoms with Crippen LogP contribution in [-0.4, -0.2) is 23.3 Å². The van der Waals surface area contributed by atoms with Crippen molar-refractivity contribution in [3.63, 3.8) is 0 Å². The van der Waals surface area contributed by atoms with E-state index < -0.39 is 5.56 Å². The fourth-order valence-corrected chi connectivity index (χ4v) is 3.54. The van der Waals surface area contributed by atoms with Crippen molar-refractivity contribution >= 4 is 23.8 Å². The average Bonchev–Trinajstić information content (AvgIpc) is 2.88. The Bertz CT molecular complexity index is 1460. The topological polar surface area (TPSA) is 112 Å². The van der Waals surface area contributed by atoms with Crippen molar-refractivity contribution in [3.05, 3.63) is 105 Å². The van der Waals surface area contributed by atoms with E-state index >= 15 is 0 Å². The van der Waals surface area contributed by atoms with Gasteiger partial charge in [0.05, 0.1) is 19.0 Å². The molecule has 0 unspecified atom stereocenters. The quantitative estimate of drug-likeness (QED) is 0.268. The highest BCUT2D eigenvalue weighted by Crippen LogP contribution is 2.31. The molecule has 9 heteroatoms. The molecule has 3 aromatic carbocycles. The van der Waals surface area contributed by atoms with Crippen LogP contribution < -0.4 is 20.5 Å². The molecule has 0 aliphatic rings. The molecular formula is C26H20ClN5O3. The molecule has 0 amide bonds. The van der Waals surface area contributed by atoms with E-state index in [1.165, 1.54) is 6.21 Å². The molecule has 2 N–H and O–H groups in total. The van der Waals surface area contributed by atoms with Crippen LogP contribution in [0, 0.1) is 11.3 Å². The van der Waals surface area contributed by atoms with Crippen molar-refractivity contribution in [2.45, 2.75) is 6.61 Å². The van der Waals surface area contributed by atoms with Gasteiger partial charge < -0.3 is 9.47 Å². The number of nitrogens with one attached hydrogen (secondary N) is 2. The summed E-state index contributed by atoms with van der Waals surface area (Å²) in [5.41, 5.74) is 4.53. The van der Waals surface area contributed by atoms with E-state index in [1.807, 2.05) is 42.5 Å². The highest BCUT2D eigenvalue weighted by atomic mass is 35.5. The third kappa shape index (κ3) is 5.66. The predicted molar refractivity (Wildman–Crippen MR) is 135 cm³/mol. The third-order valence-electron chi connectivity index (χ3n) is 4.95. The summed E-state index contributed by atoms with van der Waals surface area (Å²) in [5, 5.41) is 14.2. The third-order valence-corrected chi connectivity index (χ3v) is 5.19. The van der Waals surface area contributed by atoms with Crippen LogP contribution in [0.3, 0.4) is 0 Å². The van der Waals surface area contributed by atoms with E-state index in [0.29, 0.717) is 27.6 Å². The number of hydrogen-bond acceptors (Lipinski definition) is 7. The molecule has 1 heterocycles. The molecule has 0 fully saturated rings. The molecule has 0 bridgehead atoms. The summed E-state index contributed by atoms with van der Waals surface area (Å²) >= 11 is 6.06. The van der Waals surface area contributed by atoms with Gasteiger partial charge in [-0.3, -0.25) is 9.78 Å². The molecule has 1 aromatic heterocycles. The van der Waals surface area contributed by atoms with Gasteiger partial charge in [0.15, 0.2) is 11.5 Å². The number of hydrazone groups is 1. The minimum atomic E-state index is -0.564. The zero-order chi connectivity index (χ0) is 24.6. The first-order chi connectivity index (χ1) is 17.1. The second-order valence-corrected chi connectivity index (χ2v) is 7.72. The Morgan fingerprint density at radius 1 is 1.14 bits per heavy atom. The number of H-pyrrole nitrogens is 1. The van der Waals surface area contributed by atoms with Gasteiger partial charge in [0.25, 0.3) is 5.56 Å². The maximum absolute atomic E-state index is 12.4. The van der Waals surface area contributed by atoms with E-state index in [9.17, 15) is 10.1 Å². The highest BCUT2D eigenvalue weighted by molar-refractivity contribution is 6.30. The Balaban J connectivity index is 1.58. The first kappa shape index (κ1) is 23.5. The minimum Gasteiger partial charge on any atom is -0.493 e. The number of ether oxygens (including phenoxy) is 2. The van der Waals surface area contributed by atoms with Crippen LogP contribution >= 0.6 is 11.6 Å². The van der Waals surface area contributed by atoms with Gasteiger partial charge >= 0.3 is 0 Å². The lowest BCUT2D eigenvalue weighted by molar-refractivity contribution is 0.284. The summed E-state index contributed by atoms with van der Waals surface area (Å²) in [6.45, 7) is 0.278. The number of halogens is 1. The molecule has 0 radical (unpaired) electrons. The van der Waals surface area contributed by atoms with Crippen LogP contribution in [-0.2, 0) is 6.61 Å². The van der Waals surface area contributed by atoms with Crippen molar-refractivity contribution in [2.75, 3.05) is 12.5 Å². The first-order valence-corrected chi connectivity index (χ1v) is 10.9. The average molecular weight is 486 g/mol. The van der Waals surface area contributed by atoms with E-state index in [-0.39, 0.29) is 23.8 Å². The normalized spacial score (nSPS) is 10.7. The second-order valence-electron chi connectivity index (χ2n) is 7.28. The predicted octanol–water partition coefficient (Wildman–Crippen LogP) is 5.00. The number of nitriles is 1. The molecule has 8 nitrogen and oxygen atoms in total. The van der Waals surface area contributed by atoms with E-state index in [1.54, 1.807) is 43.5 Å². The summed E-state index contributed by atoms with van der Waals surface area (Å²) in [6, 6.07) is 23.7. The van der Waals surface area contributed by atoms with Gasteiger partial charge in [0, 0.05) is 16.1 Å². The van der Waals surface area contributed by atoms with Crippen LogP contribution in [0.25, 0.3) is 11.3 Å². The highest BCUT2D eigenvalue weighted by Gasteiger charge is 2.13. The van der Waals surface area contributed by atoms with Crippen molar-refractivity contribution in [1.29, 1.82) is 5.26 Å². The molecule has 0 aliphatic heterocycles. The first-order valence-electron chi connectivity index (χ1n) is 10.5. The fourth-order valence-electron chi connectivity index (χ4n) is 3.33. The van der Waals surface area contributed by atoms with Gasteiger partial charge in [-0.05, 0) is 29.8 Å². The lowest BCUT2D eigenvalue weighted by Gasteiger charge is -2.13. The number of benzene rings is 3. The van der Waals surface area contributed by atoms with Gasteiger partial charge in [0.1, 0.15) is 18.2 Å². The summed E-state index contributed by atoms with van der Waals surface area (Å²) < 4.78 is 11.5. The number of rotatable bonds is 8. The van der Waals surface area contributed by atoms with Crippen molar-refractivity contribution < 1.29 is 9.47 Å². The molecule has 35 heavy (non-hydrogen) atoms. The monoisotopic (exact) mass is 485 g/mol. The second kappa shape index (κ2) is 11.0. The van der Waals surface area contributed by atoms with Crippen LogP contribution in [0.15, 0.2) is 82.7 Å². The van der Waals surface area contributed by atoms with Gasteiger partial charge in [-0.2, -0.15) is 10.4 Å². The number of para-hydroxylation sites is 1. The summed E-state index contributed by atoms with van der Waals surface area (Å²) in [4.78, 5) is 19.3. The maximum Gasteiger partial charge on any atom is 0.270 e. The van der Waals surface area contributed by atoms with Crippen molar-refractivity contribution in [1.82, 2.24) is 9.97 Å². The minimum absolute atomic E-state index is 0.0739. The number of nitrogens with zero attached hydrogens (tertiary/aromatic N) is 3. The fraction of sp³-hybridized carbons (Fsp3) is 0.0769. The maximum atomic E-state index is 12.4. The Morgan fingerprint density at radius 3 is 2.69 bits per heavy atom. The summed E-state index contributed by atoms with van der Waals surface area (Å²) in [7, 11) is 1.55. The van der Waals surface area contributed by atoms with Gasteiger partial charge in [0.2, 0.25) is 5.95 Å². The molecule has 0 atom stereocenters. The molecule has 0 saturated carbocycles. The van der Waals surface area contributed by atoms with Crippen LogP contribution in [0.5, 0.6) is 11.5 Å². The Morgan fingerprint density at radius 2 is 1.94 bits per heavy atom. The van der Waals surface area contributed by atoms with Crippen molar-refractivity contribution in [3.8, 4) is 28.8 Å². The van der Waals surface area contributed by atoms with Gasteiger partial charge in [-0.25, -0.2) is 10.4 Å². The van der Waals surface area contributed by atoms with E-state index in [2.05, 4.69) is 20.5 Å². The van der Waals surface area contributed by atoms with Crippen molar-refractivity contribution in [2.24, 2.45) is 5.10 Å². The van der Waals surface area contributed by atoms with Gasteiger partial charge in [-0.1, -0.05) is 60.1 Å². The number of hydrogen-bond donors (Lipinski definition) is 2. The molecule has 0 saturated heterocycles. The summed E-state index contributed by atoms with van der Waals surface area (Å²) in [6.07, 6.45) is 1.52. The Kier molecular flexibility index (Phi) is 7.40. The van der Waals surface area contributed by atoms with Crippen LogP contribution in [0.2, 0.25) is 5.02 Å². The molecular weight excluding hydrogens is 466 g/mol. The summed E-state index contributed by atoms with van der Waals surface area (Å²) in [5.74, 6) is 1.12. The molecule has 0 spiro atoms. The number of aromatic nitrogens is 2. The number of aromatic amines is 1. The van der Waals surface area contributed by atoms with Gasteiger partial charge in [-0.15, -0.1) is 0 Å². The largest absolute Gasteiger partial charge is 0.493 e.